The van der Waals surface area contributed by atoms with Gasteiger partial charge in [0.2, 0.25) is 5.90 Å². The number of esters is 1. The standard InChI is InChI=1S/C18H12BrF2NO4/c1-24-15-8-10(5-6-14(15)25-18(20)21)7-13-17(23)26-16(22-13)11-3-2-4-12(19)9-11/h2-9,18H,1H3/b13-7-. The van der Waals surface area contributed by atoms with Crippen molar-refractivity contribution in [2.75, 3.05) is 7.11 Å². The van der Waals surface area contributed by atoms with E-state index in [0.717, 1.165) is 4.47 Å². The van der Waals surface area contributed by atoms with E-state index in [-0.39, 0.29) is 23.1 Å². The van der Waals surface area contributed by atoms with Gasteiger partial charge in [0, 0.05) is 10.0 Å². The van der Waals surface area contributed by atoms with Gasteiger partial charge in [-0.15, -0.1) is 0 Å². The summed E-state index contributed by atoms with van der Waals surface area (Å²) in [5.74, 6) is -0.404. The van der Waals surface area contributed by atoms with E-state index in [1.165, 1.54) is 31.4 Å². The van der Waals surface area contributed by atoms with Crippen molar-refractivity contribution in [3.8, 4) is 11.5 Å². The van der Waals surface area contributed by atoms with Crippen molar-refractivity contribution < 1.29 is 27.8 Å². The van der Waals surface area contributed by atoms with Gasteiger partial charge >= 0.3 is 12.6 Å². The van der Waals surface area contributed by atoms with Gasteiger partial charge in [0.05, 0.1) is 7.11 Å². The monoisotopic (exact) mass is 423 g/mol. The first kappa shape index (κ1) is 18.1. The first-order chi connectivity index (χ1) is 12.5. The highest BCUT2D eigenvalue weighted by Gasteiger charge is 2.24. The fourth-order valence-electron chi connectivity index (χ4n) is 2.28. The molecule has 0 amide bonds. The number of carbonyl (C=O) groups excluding carboxylic acids is 1. The maximum Gasteiger partial charge on any atom is 0.387 e. The molecule has 0 bridgehead atoms. The van der Waals surface area contributed by atoms with Crippen molar-refractivity contribution in [2.24, 2.45) is 4.99 Å². The predicted octanol–water partition coefficient (Wildman–Crippen LogP) is 4.40. The molecule has 134 valence electrons. The van der Waals surface area contributed by atoms with Crippen molar-refractivity contribution in [3.05, 3.63) is 63.8 Å². The van der Waals surface area contributed by atoms with Gasteiger partial charge in [-0.05, 0) is 42.0 Å². The largest absolute Gasteiger partial charge is 0.493 e. The summed E-state index contributed by atoms with van der Waals surface area (Å²) < 4.78 is 40.2. The molecule has 0 aliphatic carbocycles. The van der Waals surface area contributed by atoms with Crippen LogP contribution in [0.1, 0.15) is 11.1 Å². The average Bonchev–Trinajstić information content (AvgIpc) is 2.96. The van der Waals surface area contributed by atoms with Crippen LogP contribution in [0.3, 0.4) is 0 Å². The molecule has 0 N–H and O–H groups in total. The second-order valence-corrected chi connectivity index (χ2v) is 6.05. The summed E-state index contributed by atoms with van der Waals surface area (Å²) in [6.45, 7) is -2.96. The zero-order chi connectivity index (χ0) is 18.7. The molecular formula is C18H12BrF2NO4. The van der Waals surface area contributed by atoms with Gasteiger partial charge < -0.3 is 14.2 Å². The van der Waals surface area contributed by atoms with Crippen LogP contribution < -0.4 is 9.47 Å². The number of alkyl halides is 2. The summed E-state index contributed by atoms with van der Waals surface area (Å²) in [5, 5.41) is 0. The number of aliphatic imine (C=N–C) groups is 1. The number of methoxy groups -OCH3 is 1. The number of rotatable bonds is 5. The van der Waals surface area contributed by atoms with Crippen LogP contribution in [0.5, 0.6) is 11.5 Å². The molecule has 2 aromatic carbocycles. The molecule has 26 heavy (non-hydrogen) atoms. The third-order valence-electron chi connectivity index (χ3n) is 3.40. The van der Waals surface area contributed by atoms with Crippen molar-refractivity contribution in [3.63, 3.8) is 0 Å². The molecule has 1 aliphatic heterocycles. The molecule has 0 aromatic heterocycles. The molecule has 2 aromatic rings. The molecule has 0 saturated heterocycles. The third kappa shape index (κ3) is 4.08. The minimum Gasteiger partial charge on any atom is -0.493 e. The van der Waals surface area contributed by atoms with Gasteiger partial charge in [0.1, 0.15) is 0 Å². The summed E-state index contributed by atoms with van der Waals surface area (Å²) in [6, 6.07) is 11.5. The minimum atomic E-state index is -2.96. The molecule has 0 atom stereocenters. The molecule has 0 spiro atoms. The van der Waals surface area contributed by atoms with Gasteiger partial charge in [0.25, 0.3) is 0 Å². The normalized spacial score (nSPS) is 15.2. The number of ether oxygens (including phenoxy) is 3. The minimum absolute atomic E-state index is 0.0876. The Morgan fingerprint density at radius 2 is 2.00 bits per heavy atom. The smallest absolute Gasteiger partial charge is 0.387 e. The molecule has 0 unspecified atom stereocenters. The second-order valence-electron chi connectivity index (χ2n) is 5.14. The Bertz CT molecular complexity index is 912. The van der Waals surface area contributed by atoms with Crippen LogP contribution in [0.4, 0.5) is 8.78 Å². The zero-order valence-electron chi connectivity index (χ0n) is 13.4. The summed E-state index contributed by atoms with van der Waals surface area (Å²) in [4.78, 5) is 16.2. The van der Waals surface area contributed by atoms with E-state index in [2.05, 4.69) is 25.7 Å². The Kier molecular flexibility index (Phi) is 5.32. The molecule has 1 aliphatic rings. The molecule has 5 nitrogen and oxygen atoms in total. The number of cyclic esters (lactones) is 1. The molecule has 8 heteroatoms. The second kappa shape index (κ2) is 7.65. The molecule has 0 radical (unpaired) electrons. The van der Waals surface area contributed by atoms with Crippen molar-refractivity contribution in [1.82, 2.24) is 0 Å². The van der Waals surface area contributed by atoms with Crippen LogP contribution in [-0.2, 0) is 9.53 Å². The van der Waals surface area contributed by atoms with Crippen LogP contribution in [-0.4, -0.2) is 25.6 Å². The van der Waals surface area contributed by atoms with E-state index in [0.29, 0.717) is 11.1 Å². The summed E-state index contributed by atoms with van der Waals surface area (Å²) >= 11 is 3.34. The molecule has 1 heterocycles. The molecule has 0 saturated carbocycles. The fourth-order valence-corrected chi connectivity index (χ4v) is 2.68. The van der Waals surface area contributed by atoms with Crippen LogP contribution in [0.15, 0.2) is 57.6 Å². The highest BCUT2D eigenvalue weighted by molar-refractivity contribution is 9.10. The number of hydrogen-bond acceptors (Lipinski definition) is 5. The SMILES string of the molecule is COc1cc(/C=C2\N=C(c3cccc(Br)c3)OC2=O)ccc1OC(F)F. The van der Waals surface area contributed by atoms with E-state index < -0.39 is 12.6 Å². The average molecular weight is 424 g/mol. The Morgan fingerprint density at radius 1 is 1.19 bits per heavy atom. The van der Waals surface area contributed by atoms with Gasteiger partial charge in [-0.3, -0.25) is 0 Å². The van der Waals surface area contributed by atoms with E-state index in [1.807, 2.05) is 6.07 Å². The maximum absolute atomic E-state index is 12.4. The van der Waals surface area contributed by atoms with Gasteiger partial charge in [-0.1, -0.05) is 28.1 Å². The van der Waals surface area contributed by atoms with E-state index in [1.54, 1.807) is 18.2 Å². The summed E-state index contributed by atoms with van der Waals surface area (Å²) in [5.41, 5.74) is 1.26. The zero-order valence-corrected chi connectivity index (χ0v) is 15.0. The number of carbonyl (C=O) groups is 1. The van der Waals surface area contributed by atoms with Gasteiger partial charge in [0.15, 0.2) is 17.2 Å². The lowest BCUT2D eigenvalue weighted by molar-refractivity contribution is -0.129. The van der Waals surface area contributed by atoms with Gasteiger partial charge in [-0.25, -0.2) is 9.79 Å². The number of halogens is 3. The Hall–Kier alpha value is -2.74. The van der Waals surface area contributed by atoms with Crippen molar-refractivity contribution >= 4 is 33.9 Å². The highest BCUT2D eigenvalue weighted by atomic mass is 79.9. The topological polar surface area (TPSA) is 57.1 Å². The van der Waals surface area contributed by atoms with Gasteiger partial charge in [-0.2, -0.15) is 8.78 Å². The van der Waals surface area contributed by atoms with Crippen LogP contribution in [0, 0.1) is 0 Å². The van der Waals surface area contributed by atoms with E-state index in [4.69, 9.17) is 9.47 Å². The predicted molar refractivity (Wildman–Crippen MR) is 94.4 cm³/mol. The third-order valence-corrected chi connectivity index (χ3v) is 3.89. The lowest BCUT2D eigenvalue weighted by atomic mass is 10.1. The number of nitrogens with zero attached hydrogens (tertiary/aromatic N) is 1. The Balaban J connectivity index is 1.90. The molecular weight excluding hydrogens is 412 g/mol. The lowest BCUT2D eigenvalue weighted by Crippen LogP contribution is -2.05. The molecule has 0 fully saturated rings. The first-order valence-electron chi connectivity index (χ1n) is 7.37. The molecule has 3 rings (SSSR count). The first-order valence-corrected chi connectivity index (χ1v) is 8.17. The summed E-state index contributed by atoms with van der Waals surface area (Å²) in [6.07, 6.45) is 1.47. The van der Waals surface area contributed by atoms with Crippen LogP contribution >= 0.6 is 15.9 Å². The van der Waals surface area contributed by atoms with Crippen LogP contribution in [0.2, 0.25) is 0 Å². The van der Waals surface area contributed by atoms with E-state index in [9.17, 15) is 13.6 Å². The Labute approximate surface area is 156 Å². The Morgan fingerprint density at radius 3 is 2.69 bits per heavy atom. The quantitative estimate of drug-likeness (QED) is 0.528. The highest BCUT2D eigenvalue weighted by Crippen LogP contribution is 2.31. The van der Waals surface area contributed by atoms with Crippen molar-refractivity contribution in [1.29, 1.82) is 0 Å². The maximum atomic E-state index is 12.4. The van der Waals surface area contributed by atoms with E-state index >= 15 is 0 Å². The fraction of sp³-hybridized carbons (Fsp3) is 0.111. The van der Waals surface area contributed by atoms with Crippen molar-refractivity contribution in [2.45, 2.75) is 6.61 Å². The number of benzene rings is 2. The van der Waals surface area contributed by atoms with Crippen LogP contribution in [0.25, 0.3) is 6.08 Å². The number of hydrogen-bond donors (Lipinski definition) is 0. The summed E-state index contributed by atoms with van der Waals surface area (Å²) in [7, 11) is 1.33. The lowest BCUT2D eigenvalue weighted by Gasteiger charge is -2.10.